The van der Waals surface area contributed by atoms with Crippen molar-refractivity contribution in [2.24, 2.45) is 0 Å². The highest BCUT2D eigenvalue weighted by atomic mass is 19.4. The molecule has 0 spiro atoms. The summed E-state index contributed by atoms with van der Waals surface area (Å²) in [5.74, 6) is -0.379. The number of aromatic amines is 1. The highest BCUT2D eigenvalue weighted by molar-refractivity contribution is 5.96. The van der Waals surface area contributed by atoms with Gasteiger partial charge in [0.05, 0.1) is 11.1 Å². The first kappa shape index (κ1) is 20.0. The molecule has 0 aliphatic carbocycles. The van der Waals surface area contributed by atoms with Crippen LogP contribution < -0.4 is 5.32 Å². The van der Waals surface area contributed by atoms with Crippen molar-refractivity contribution in [3.63, 3.8) is 0 Å². The molecule has 150 valence electrons. The molecule has 0 fully saturated rings. The number of hydrogen-bond acceptors (Lipinski definition) is 1. The van der Waals surface area contributed by atoms with Crippen molar-refractivity contribution in [3.05, 3.63) is 57.5 Å². The fourth-order valence-electron chi connectivity index (χ4n) is 3.65. The van der Waals surface area contributed by atoms with Gasteiger partial charge in [0.2, 0.25) is 0 Å². The Labute approximate surface area is 161 Å². The summed E-state index contributed by atoms with van der Waals surface area (Å²) in [6, 6.07) is 5.61. The van der Waals surface area contributed by atoms with Crippen LogP contribution in [-0.4, -0.2) is 21.6 Å². The third-order valence-electron chi connectivity index (χ3n) is 5.24. The molecule has 1 aromatic carbocycles. The number of aromatic nitrogens is 2. The van der Waals surface area contributed by atoms with Crippen molar-refractivity contribution in [1.82, 2.24) is 14.9 Å². The van der Waals surface area contributed by atoms with Gasteiger partial charge in [-0.1, -0.05) is 11.6 Å². The SMILES string of the molecule is Cc1cc(CNC(=O)c2cc(C)n(CC(F)(F)F)c2C)c2[nH]c(C)c(C)c2c1. The highest BCUT2D eigenvalue weighted by Gasteiger charge is 2.30. The Morgan fingerprint density at radius 2 is 1.79 bits per heavy atom. The van der Waals surface area contributed by atoms with Crippen LogP contribution in [0.2, 0.25) is 0 Å². The Hall–Kier alpha value is -2.70. The minimum absolute atomic E-state index is 0.268. The Morgan fingerprint density at radius 1 is 1.11 bits per heavy atom. The molecule has 28 heavy (non-hydrogen) atoms. The highest BCUT2D eigenvalue weighted by Crippen LogP contribution is 2.26. The number of hydrogen-bond donors (Lipinski definition) is 2. The molecule has 0 saturated heterocycles. The monoisotopic (exact) mass is 391 g/mol. The van der Waals surface area contributed by atoms with Crippen molar-refractivity contribution in [2.45, 2.75) is 53.9 Å². The Bertz CT molecular complexity index is 1060. The van der Waals surface area contributed by atoms with Gasteiger partial charge in [0, 0.05) is 29.0 Å². The predicted octanol–water partition coefficient (Wildman–Crippen LogP) is 5.00. The number of nitrogens with zero attached hydrogens (tertiary/aromatic N) is 1. The number of carbonyl (C=O) groups excluding carboxylic acids is 1. The zero-order valence-corrected chi connectivity index (χ0v) is 16.6. The van der Waals surface area contributed by atoms with Crippen LogP contribution >= 0.6 is 0 Å². The first-order chi connectivity index (χ1) is 13.0. The van der Waals surface area contributed by atoms with E-state index >= 15 is 0 Å². The van der Waals surface area contributed by atoms with Gasteiger partial charge < -0.3 is 14.9 Å². The second kappa shape index (κ2) is 7.04. The van der Waals surface area contributed by atoms with Crippen LogP contribution in [0.1, 0.15) is 44.1 Å². The average Bonchev–Trinajstić information content (AvgIpc) is 3.03. The van der Waals surface area contributed by atoms with Crippen molar-refractivity contribution in [2.75, 3.05) is 0 Å². The van der Waals surface area contributed by atoms with E-state index in [1.165, 1.54) is 18.6 Å². The van der Waals surface area contributed by atoms with Gasteiger partial charge in [-0.2, -0.15) is 13.2 Å². The van der Waals surface area contributed by atoms with E-state index in [0.29, 0.717) is 17.9 Å². The predicted molar refractivity (Wildman–Crippen MR) is 104 cm³/mol. The first-order valence-corrected chi connectivity index (χ1v) is 9.08. The standard InChI is InChI=1S/C21H24F3N3O/c1-11-6-16(19-17(7-11)13(3)14(4)26-19)9-25-20(28)18-8-12(2)27(15(18)5)10-21(22,23)24/h6-8,26H,9-10H2,1-5H3,(H,25,28). The van der Waals surface area contributed by atoms with E-state index in [4.69, 9.17) is 0 Å². The molecule has 2 heterocycles. The number of nitrogens with one attached hydrogen (secondary N) is 2. The number of halogens is 3. The normalized spacial score (nSPS) is 12.0. The summed E-state index contributed by atoms with van der Waals surface area (Å²) in [5.41, 5.74) is 6.24. The molecular weight excluding hydrogens is 367 g/mol. The van der Waals surface area contributed by atoms with Gasteiger partial charge >= 0.3 is 6.18 Å². The van der Waals surface area contributed by atoms with Crippen LogP contribution in [0, 0.1) is 34.6 Å². The van der Waals surface area contributed by atoms with E-state index < -0.39 is 12.7 Å². The number of carbonyl (C=O) groups is 1. The lowest BCUT2D eigenvalue weighted by Crippen LogP contribution is -2.24. The molecule has 7 heteroatoms. The van der Waals surface area contributed by atoms with E-state index in [0.717, 1.165) is 32.3 Å². The minimum atomic E-state index is -4.33. The van der Waals surface area contributed by atoms with E-state index in [1.807, 2.05) is 26.8 Å². The van der Waals surface area contributed by atoms with Crippen LogP contribution in [0.4, 0.5) is 13.2 Å². The lowest BCUT2D eigenvalue weighted by atomic mass is 10.0. The summed E-state index contributed by atoms with van der Waals surface area (Å²) in [7, 11) is 0. The van der Waals surface area contributed by atoms with Crippen LogP contribution in [0.15, 0.2) is 18.2 Å². The van der Waals surface area contributed by atoms with Gasteiger partial charge in [0.1, 0.15) is 6.54 Å². The third kappa shape index (κ3) is 3.79. The smallest absolute Gasteiger partial charge is 0.358 e. The van der Waals surface area contributed by atoms with Crippen molar-refractivity contribution >= 4 is 16.8 Å². The second-order valence-corrected chi connectivity index (χ2v) is 7.39. The molecule has 0 saturated carbocycles. The average molecular weight is 391 g/mol. The summed E-state index contributed by atoms with van der Waals surface area (Å²) in [6.07, 6.45) is -4.33. The van der Waals surface area contributed by atoms with Crippen LogP contribution in [0.25, 0.3) is 10.9 Å². The number of fused-ring (bicyclic) bond motifs is 1. The topological polar surface area (TPSA) is 49.8 Å². The first-order valence-electron chi connectivity index (χ1n) is 9.08. The van der Waals surface area contributed by atoms with E-state index in [1.54, 1.807) is 6.92 Å². The quantitative estimate of drug-likeness (QED) is 0.646. The summed E-state index contributed by atoms with van der Waals surface area (Å²) in [6.45, 7) is 8.35. The van der Waals surface area contributed by atoms with Gasteiger partial charge in [-0.05, 0) is 57.9 Å². The Balaban J connectivity index is 1.85. The summed E-state index contributed by atoms with van der Waals surface area (Å²) >= 11 is 0. The van der Waals surface area contributed by atoms with Gasteiger partial charge in [0.15, 0.2) is 0 Å². The van der Waals surface area contributed by atoms with E-state index in [9.17, 15) is 18.0 Å². The maximum absolute atomic E-state index is 12.8. The molecule has 0 unspecified atom stereocenters. The molecule has 0 atom stereocenters. The number of benzene rings is 1. The fourth-order valence-corrected chi connectivity index (χ4v) is 3.65. The molecule has 1 amide bonds. The summed E-state index contributed by atoms with van der Waals surface area (Å²) in [4.78, 5) is 16.0. The molecule has 3 aromatic rings. The number of amides is 1. The maximum atomic E-state index is 12.8. The van der Waals surface area contributed by atoms with Gasteiger partial charge in [0.25, 0.3) is 5.91 Å². The van der Waals surface area contributed by atoms with Gasteiger partial charge in [-0.15, -0.1) is 0 Å². The molecule has 0 radical (unpaired) electrons. The van der Waals surface area contributed by atoms with Crippen LogP contribution in [0.5, 0.6) is 0 Å². The summed E-state index contributed by atoms with van der Waals surface area (Å²) in [5, 5.41) is 3.97. The Morgan fingerprint density at radius 3 is 2.43 bits per heavy atom. The third-order valence-corrected chi connectivity index (χ3v) is 5.24. The van der Waals surface area contributed by atoms with Crippen LogP contribution in [0.3, 0.4) is 0 Å². The van der Waals surface area contributed by atoms with Crippen molar-refractivity contribution < 1.29 is 18.0 Å². The zero-order chi connectivity index (χ0) is 20.8. The lowest BCUT2D eigenvalue weighted by Gasteiger charge is -2.12. The number of H-pyrrole nitrogens is 1. The van der Waals surface area contributed by atoms with Crippen LogP contribution in [-0.2, 0) is 13.1 Å². The number of aryl methyl sites for hydroxylation is 4. The second-order valence-electron chi connectivity index (χ2n) is 7.39. The molecule has 0 aliphatic rings. The molecule has 0 aliphatic heterocycles. The number of rotatable bonds is 4. The van der Waals surface area contributed by atoms with Gasteiger partial charge in [-0.25, -0.2) is 0 Å². The number of alkyl halides is 3. The molecule has 4 nitrogen and oxygen atoms in total. The lowest BCUT2D eigenvalue weighted by molar-refractivity contribution is -0.141. The maximum Gasteiger partial charge on any atom is 0.406 e. The summed E-state index contributed by atoms with van der Waals surface area (Å²) < 4.78 is 39.5. The van der Waals surface area contributed by atoms with E-state index in [-0.39, 0.29) is 11.5 Å². The largest absolute Gasteiger partial charge is 0.406 e. The van der Waals surface area contributed by atoms with Crippen molar-refractivity contribution in [3.8, 4) is 0 Å². The molecule has 0 bridgehead atoms. The molecule has 2 aromatic heterocycles. The molecular formula is C21H24F3N3O. The Kier molecular flexibility index (Phi) is 5.04. The fraction of sp³-hybridized carbons (Fsp3) is 0.381. The molecule has 3 rings (SSSR count). The molecule has 2 N–H and O–H groups in total. The van der Waals surface area contributed by atoms with Crippen molar-refractivity contribution in [1.29, 1.82) is 0 Å². The van der Waals surface area contributed by atoms with E-state index in [2.05, 4.69) is 16.4 Å². The minimum Gasteiger partial charge on any atom is -0.358 e. The zero-order valence-electron chi connectivity index (χ0n) is 16.6. The van der Waals surface area contributed by atoms with Gasteiger partial charge in [-0.3, -0.25) is 4.79 Å².